The number of hydrogen-bond donors (Lipinski definition) is 3. The first kappa shape index (κ1) is 16.7. The largest absolute Gasteiger partial charge is 0.495 e. The van der Waals surface area contributed by atoms with Gasteiger partial charge in [-0.15, -0.1) is 0 Å². The van der Waals surface area contributed by atoms with Crippen molar-refractivity contribution in [3.05, 3.63) is 65.7 Å². The van der Waals surface area contributed by atoms with Gasteiger partial charge < -0.3 is 25.9 Å². The molecular weight excluding hydrogens is 316 g/mol. The summed E-state index contributed by atoms with van der Waals surface area (Å²) in [5.41, 5.74) is 16.4. The molecule has 0 fully saturated rings. The van der Waals surface area contributed by atoms with Crippen LogP contribution in [0.4, 0.5) is 11.4 Å². The van der Waals surface area contributed by atoms with E-state index in [1.165, 1.54) is 0 Å². The number of anilines is 2. The van der Waals surface area contributed by atoms with Gasteiger partial charge in [0.15, 0.2) is 0 Å². The van der Waals surface area contributed by atoms with Crippen LogP contribution in [0.3, 0.4) is 0 Å². The lowest BCUT2D eigenvalue weighted by atomic mass is 9.87. The quantitative estimate of drug-likeness (QED) is 0.600. The molecule has 6 heteroatoms. The number of nitrogens with two attached hydrogens (primary N) is 2. The van der Waals surface area contributed by atoms with E-state index in [1.807, 2.05) is 42.6 Å². The molecule has 130 valence electrons. The molecule has 0 aliphatic rings. The van der Waals surface area contributed by atoms with Gasteiger partial charge in [0.05, 0.1) is 31.9 Å². The van der Waals surface area contributed by atoms with Crippen molar-refractivity contribution in [2.75, 3.05) is 25.7 Å². The van der Waals surface area contributed by atoms with Crippen LogP contribution < -0.4 is 20.9 Å². The summed E-state index contributed by atoms with van der Waals surface area (Å²) in [5.74, 6) is 1.40. The van der Waals surface area contributed by atoms with Crippen LogP contribution in [0.25, 0.3) is 0 Å². The first-order chi connectivity index (χ1) is 12.1. The Balaban J connectivity index is 2.06. The Morgan fingerprint density at radius 2 is 1.52 bits per heavy atom. The number of benzene rings is 2. The molecule has 0 atom stereocenters. The number of ether oxygens (including phenoxy) is 2. The van der Waals surface area contributed by atoms with Crippen molar-refractivity contribution in [3.8, 4) is 11.5 Å². The number of methoxy groups -OCH3 is 2. The van der Waals surface area contributed by atoms with Crippen molar-refractivity contribution in [1.82, 2.24) is 9.97 Å². The maximum atomic E-state index is 5.96. The number of hydrogen-bond acceptors (Lipinski definition) is 5. The van der Waals surface area contributed by atoms with Gasteiger partial charge in [-0.25, -0.2) is 4.98 Å². The second kappa shape index (κ2) is 7.17. The lowest BCUT2D eigenvalue weighted by Crippen LogP contribution is -2.07. The number of nitrogen functional groups attached to an aromatic ring is 2. The zero-order valence-corrected chi connectivity index (χ0v) is 14.3. The number of imidazole rings is 1. The number of nitrogens with zero attached hydrogens (tertiary/aromatic N) is 1. The smallest absolute Gasteiger partial charge is 0.142 e. The van der Waals surface area contributed by atoms with Gasteiger partial charge >= 0.3 is 0 Å². The lowest BCUT2D eigenvalue weighted by Gasteiger charge is -2.20. The van der Waals surface area contributed by atoms with Gasteiger partial charge in [-0.05, 0) is 41.8 Å². The summed E-state index contributed by atoms with van der Waals surface area (Å²) < 4.78 is 10.8. The fourth-order valence-electron chi connectivity index (χ4n) is 2.93. The van der Waals surface area contributed by atoms with Crippen LogP contribution in [0.15, 0.2) is 48.9 Å². The number of H-pyrrole nitrogens is 1. The third-order valence-corrected chi connectivity index (χ3v) is 4.30. The van der Waals surface area contributed by atoms with Gasteiger partial charge in [-0.3, -0.25) is 0 Å². The summed E-state index contributed by atoms with van der Waals surface area (Å²) >= 11 is 0. The second-order valence-electron chi connectivity index (χ2n) is 5.84. The van der Waals surface area contributed by atoms with E-state index in [0.29, 0.717) is 22.9 Å². The van der Waals surface area contributed by atoms with E-state index >= 15 is 0 Å². The molecule has 6 nitrogen and oxygen atoms in total. The minimum absolute atomic E-state index is 0.0736. The third kappa shape index (κ3) is 3.52. The Hall–Kier alpha value is -3.15. The molecule has 25 heavy (non-hydrogen) atoms. The highest BCUT2D eigenvalue weighted by atomic mass is 16.5. The molecule has 2 aromatic carbocycles. The van der Waals surface area contributed by atoms with Gasteiger partial charge in [-0.1, -0.05) is 12.1 Å². The standard InChI is InChI=1S/C19H22N4O2/c1-24-18-7-12(3-5-16(18)20)15(9-14-10-22-11-23-14)13-4-6-17(21)19(8-13)25-2/h3-8,10-11,15H,9,20-21H2,1-2H3,(H,22,23). The summed E-state index contributed by atoms with van der Waals surface area (Å²) in [5, 5.41) is 0. The van der Waals surface area contributed by atoms with Crippen LogP contribution >= 0.6 is 0 Å². The minimum Gasteiger partial charge on any atom is -0.495 e. The predicted octanol–water partition coefficient (Wildman–Crippen LogP) is 2.97. The van der Waals surface area contributed by atoms with E-state index in [9.17, 15) is 0 Å². The fraction of sp³-hybridized carbons (Fsp3) is 0.211. The molecule has 1 aromatic heterocycles. The van der Waals surface area contributed by atoms with Crippen molar-refractivity contribution in [1.29, 1.82) is 0 Å². The molecule has 5 N–H and O–H groups in total. The summed E-state index contributed by atoms with van der Waals surface area (Å²) in [6.07, 6.45) is 4.26. The number of rotatable bonds is 6. The number of aromatic amines is 1. The fourth-order valence-corrected chi connectivity index (χ4v) is 2.93. The monoisotopic (exact) mass is 338 g/mol. The van der Waals surface area contributed by atoms with Crippen LogP contribution in [0.1, 0.15) is 22.7 Å². The van der Waals surface area contributed by atoms with Crippen LogP contribution in [0.2, 0.25) is 0 Å². The summed E-state index contributed by atoms with van der Waals surface area (Å²) in [6.45, 7) is 0. The van der Waals surface area contributed by atoms with Crippen LogP contribution in [0.5, 0.6) is 11.5 Å². The van der Waals surface area contributed by atoms with E-state index in [2.05, 4.69) is 9.97 Å². The van der Waals surface area contributed by atoms with E-state index in [1.54, 1.807) is 20.5 Å². The third-order valence-electron chi connectivity index (χ3n) is 4.30. The highest BCUT2D eigenvalue weighted by Crippen LogP contribution is 2.35. The average molecular weight is 338 g/mol. The maximum Gasteiger partial charge on any atom is 0.142 e. The zero-order chi connectivity index (χ0) is 17.8. The minimum atomic E-state index is 0.0736. The summed E-state index contributed by atoms with van der Waals surface area (Å²) in [7, 11) is 3.23. The highest BCUT2D eigenvalue weighted by Gasteiger charge is 2.19. The Morgan fingerprint density at radius 1 is 0.960 bits per heavy atom. The summed E-state index contributed by atoms with van der Waals surface area (Å²) in [6, 6.07) is 11.7. The predicted molar refractivity (Wildman–Crippen MR) is 98.9 cm³/mol. The van der Waals surface area contributed by atoms with Crippen molar-refractivity contribution < 1.29 is 9.47 Å². The SMILES string of the molecule is COc1cc(C(Cc2cnc[nH]2)c2ccc(N)c(OC)c2)ccc1N. The van der Waals surface area contributed by atoms with Crippen molar-refractivity contribution in [2.45, 2.75) is 12.3 Å². The number of nitrogens with one attached hydrogen (secondary N) is 1. The number of aromatic nitrogens is 2. The van der Waals surface area contributed by atoms with Gasteiger partial charge in [-0.2, -0.15) is 0 Å². The molecule has 1 heterocycles. The highest BCUT2D eigenvalue weighted by molar-refractivity contribution is 5.58. The normalized spacial score (nSPS) is 10.8. The molecule has 3 rings (SSSR count). The molecule has 0 radical (unpaired) electrons. The van der Waals surface area contributed by atoms with E-state index in [-0.39, 0.29) is 5.92 Å². The topological polar surface area (TPSA) is 99.2 Å². The molecule has 0 aliphatic heterocycles. The molecule has 0 bridgehead atoms. The molecule has 3 aromatic rings. The van der Waals surface area contributed by atoms with Gasteiger partial charge in [0.25, 0.3) is 0 Å². The molecular formula is C19H22N4O2. The average Bonchev–Trinajstić information content (AvgIpc) is 3.14. The Morgan fingerprint density at radius 3 is 1.96 bits per heavy atom. The van der Waals surface area contributed by atoms with E-state index in [0.717, 1.165) is 23.2 Å². The van der Waals surface area contributed by atoms with Gasteiger partial charge in [0.1, 0.15) is 11.5 Å². The van der Waals surface area contributed by atoms with Crippen molar-refractivity contribution >= 4 is 11.4 Å². The van der Waals surface area contributed by atoms with E-state index in [4.69, 9.17) is 20.9 Å². The van der Waals surface area contributed by atoms with Crippen molar-refractivity contribution in [2.24, 2.45) is 0 Å². The first-order valence-corrected chi connectivity index (χ1v) is 7.96. The van der Waals surface area contributed by atoms with E-state index < -0.39 is 0 Å². The van der Waals surface area contributed by atoms with Crippen LogP contribution in [-0.2, 0) is 6.42 Å². The Kier molecular flexibility index (Phi) is 4.79. The molecule has 0 unspecified atom stereocenters. The Bertz CT molecular complexity index is 793. The molecule has 0 saturated carbocycles. The Labute approximate surface area is 146 Å². The van der Waals surface area contributed by atoms with Crippen LogP contribution in [-0.4, -0.2) is 24.2 Å². The van der Waals surface area contributed by atoms with Crippen LogP contribution in [0, 0.1) is 0 Å². The summed E-state index contributed by atoms with van der Waals surface area (Å²) in [4.78, 5) is 7.28. The zero-order valence-electron chi connectivity index (χ0n) is 14.3. The first-order valence-electron chi connectivity index (χ1n) is 7.96. The maximum absolute atomic E-state index is 5.96. The molecule has 0 saturated heterocycles. The van der Waals surface area contributed by atoms with Gasteiger partial charge in [0.2, 0.25) is 0 Å². The molecule has 0 spiro atoms. The second-order valence-corrected chi connectivity index (χ2v) is 5.84. The lowest BCUT2D eigenvalue weighted by molar-refractivity contribution is 0.415. The molecule has 0 amide bonds. The van der Waals surface area contributed by atoms with Crippen molar-refractivity contribution in [3.63, 3.8) is 0 Å². The van der Waals surface area contributed by atoms with Gasteiger partial charge in [0, 0.05) is 17.8 Å². The molecule has 0 aliphatic carbocycles.